The zero-order valence-corrected chi connectivity index (χ0v) is 14.4. The molecule has 24 heavy (non-hydrogen) atoms. The van der Waals surface area contributed by atoms with Crippen LogP contribution in [0.4, 0.5) is 0 Å². The van der Waals surface area contributed by atoms with Crippen molar-refractivity contribution in [2.24, 2.45) is 17.4 Å². The van der Waals surface area contributed by atoms with E-state index in [2.05, 4.69) is 4.72 Å². The normalized spacial score (nSPS) is 36.7. The van der Waals surface area contributed by atoms with Gasteiger partial charge in [-0.1, -0.05) is 6.42 Å². The SMILES string of the molecule is CC1(N)CC1NS(=O)(=O)N1C[C@H](CCCB(O)O)[C@](N)(C(=O)O)C1. The molecule has 0 aromatic heterocycles. The number of carboxylic acids is 1. The number of nitrogens with zero attached hydrogens (tertiary/aromatic N) is 1. The molecule has 2 aliphatic rings. The number of carboxylic acid groups (broad SMARTS) is 1. The molecule has 12 heteroatoms. The number of carbonyl (C=O) groups is 1. The first kappa shape index (κ1) is 19.6. The van der Waals surface area contributed by atoms with Crippen molar-refractivity contribution < 1.29 is 28.4 Å². The first-order valence-electron chi connectivity index (χ1n) is 7.83. The summed E-state index contributed by atoms with van der Waals surface area (Å²) in [7, 11) is -5.37. The lowest BCUT2D eigenvalue weighted by molar-refractivity contribution is -0.144. The van der Waals surface area contributed by atoms with Crippen molar-refractivity contribution in [2.45, 2.75) is 49.6 Å². The molecule has 0 bridgehead atoms. The van der Waals surface area contributed by atoms with Gasteiger partial charge in [0.15, 0.2) is 0 Å². The Hall–Kier alpha value is -0.755. The summed E-state index contributed by atoms with van der Waals surface area (Å²) in [6, 6.07) is -0.372. The van der Waals surface area contributed by atoms with Crippen LogP contribution in [0.25, 0.3) is 0 Å². The van der Waals surface area contributed by atoms with Crippen LogP contribution in [-0.4, -0.2) is 71.2 Å². The van der Waals surface area contributed by atoms with E-state index in [4.69, 9.17) is 21.5 Å². The minimum Gasteiger partial charge on any atom is -0.480 e. The highest BCUT2D eigenvalue weighted by atomic mass is 32.2. The standard InChI is InChI=1S/C12H25BN4O6S/c1-11(14)5-9(11)16-24(22,23)17-6-8(3-2-4-13(20)21)12(15,7-17)10(18)19/h8-9,16,20-21H,2-7,14-15H2,1H3,(H,18,19)/t8-,9?,11?,12-/m0/s1. The highest BCUT2D eigenvalue weighted by Crippen LogP contribution is 2.35. The summed E-state index contributed by atoms with van der Waals surface area (Å²) in [5, 5.41) is 27.2. The molecule has 1 aliphatic heterocycles. The van der Waals surface area contributed by atoms with Gasteiger partial charge in [-0.2, -0.15) is 17.4 Å². The average molecular weight is 364 g/mol. The zero-order valence-electron chi connectivity index (χ0n) is 13.6. The van der Waals surface area contributed by atoms with Crippen LogP contribution in [0.15, 0.2) is 0 Å². The molecule has 0 aromatic carbocycles. The fourth-order valence-corrected chi connectivity index (χ4v) is 4.65. The summed E-state index contributed by atoms with van der Waals surface area (Å²) < 4.78 is 28.4. The van der Waals surface area contributed by atoms with Crippen LogP contribution >= 0.6 is 0 Å². The minimum atomic E-state index is -3.89. The van der Waals surface area contributed by atoms with Crippen molar-refractivity contribution in [1.29, 1.82) is 0 Å². The first-order chi connectivity index (χ1) is 10.9. The van der Waals surface area contributed by atoms with Gasteiger partial charge in [0.2, 0.25) is 0 Å². The van der Waals surface area contributed by atoms with Gasteiger partial charge in [0.1, 0.15) is 5.54 Å². The molecule has 2 unspecified atom stereocenters. The molecule has 2 rings (SSSR count). The minimum absolute atomic E-state index is 0.0341. The summed E-state index contributed by atoms with van der Waals surface area (Å²) in [6.07, 6.45) is 1.21. The molecule has 1 aliphatic carbocycles. The van der Waals surface area contributed by atoms with Crippen LogP contribution < -0.4 is 16.2 Å². The Morgan fingerprint density at radius 3 is 2.46 bits per heavy atom. The monoisotopic (exact) mass is 364 g/mol. The van der Waals surface area contributed by atoms with Gasteiger partial charge in [0.25, 0.3) is 10.2 Å². The number of nitrogens with two attached hydrogens (primary N) is 2. The molecule has 1 saturated heterocycles. The molecule has 0 aromatic rings. The number of rotatable bonds is 8. The van der Waals surface area contributed by atoms with Crippen molar-refractivity contribution in [3.63, 3.8) is 0 Å². The second kappa shape index (κ2) is 6.52. The van der Waals surface area contributed by atoms with Gasteiger partial charge < -0.3 is 26.6 Å². The first-order valence-corrected chi connectivity index (χ1v) is 9.27. The van der Waals surface area contributed by atoms with E-state index in [0.29, 0.717) is 12.8 Å². The number of hydrogen-bond acceptors (Lipinski definition) is 7. The topological polar surface area (TPSA) is 179 Å². The maximum atomic E-state index is 12.4. The lowest BCUT2D eigenvalue weighted by Gasteiger charge is -2.25. The molecular weight excluding hydrogens is 339 g/mol. The second-order valence-corrected chi connectivity index (χ2v) is 8.83. The molecular formula is C12H25BN4O6S. The van der Waals surface area contributed by atoms with Crippen molar-refractivity contribution in [1.82, 2.24) is 9.03 Å². The lowest BCUT2D eigenvalue weighted by atomic mass is 9.78. The van der Waals surface area contributed by atoms with E-state index in [0.717, 1.165) is 4.31 Å². The van der Waals surface area contributed by atoms with Crippen LogP contribution in [-0.2, 0) is 15.0 Å². The van der Waals surface area contributed by atoms with Crippen LogP contribution in [0.3, 0.4) is 0 Å². The van der Waals surface area contributed by atoms with E-state index < -0.39 is 40.3 Å². The van der Waals surface area contributed by atoms with E-state index in [1.807, 2.05) is 0 Å². The Kier molecular flexibility index (Phi) is 5.32. The van der Waals surface area contributed by atoms with Crippen molar-refractivity contribution >= 4 is 23.3 Å². The Balaban J connectivity index is 2.06. The van der Waals surface area contributed by atoms with Gasteiger partial charge in [-0.3, -0.25) is 4.79 Å². The molecule has 0 amide bonds. The lowest BCUT2D eigenvalue weighted by Crippen LogP contribution is -2.55. The van der Waals surface area contributed by atoms with Gasteiger partial charge in [-0.25, -0.2) is 0 Å². The predicted octanol–water partition coefficient (Wildman–Crippen LogP) is -2.72. The quantitative estimate of drug-likeness (QED) is 0.251. The maximum absolute atomic E-state index is 12.4. The predicted molar refractivity (Wildman–Crippen MR) is 86.9 cm³/mol. The summed E-state index contributed by atoms with van der Waals surface area (Å²) in [5.41, 5.74) is 9.50. The third-order valence-corrected chi connectivity index (χ3v) is 6.45. The molecule has 0 radical (unpaired) electrons. The zero-order chi connectivity index (χ0) is 18.3. The van der Waals surface area contributed by atoms with Crippen molar-refractivity contribution in [3.8, 4) is 0 Å². The van der Waals surface area contributed by atoms with Gasteiger partial charge in [-0.15, -0.1) is 0 Å². The Bertz CT molecular complexity index is 600. The molecule has 2 fully saturated rings. The van der Waals surface area contributed by atoms with Gasteiger partial charge in [0, 0.05) is 30.6 Å². The summed E-state index contributed by atoms with van der Waals surface area (Å²) in [4.78, 5) is 11.6. The molecule has 1 saturated carbocycles. The van der Waals surface area contributed by atoms with Crippen molar-refractivity contribution in [3.05, 3.63) is 0 Å². The van der Waals surface area contributed by atoms with Crippen LogP contribution in [0.2, 0.25) is 6.32 Å². The van der Waals surface area contributed by atoms with E-state index in [1.165, 1.54) is 0 Å². The molecule has 138 valence electrons. The molecule has 8 N–H and O–H groups in total. The number of aliphatic carboxylic acids is 1. The Morgan fingerprint density at radius 1 is 1.42 bits per heavy atom. The Labute approximate surface area is 141 Å². The van der Waals surface area contributed by atoms with Gasteiger partial charge >= 0.3 is 13.1 Å². The van der Waals surface area contributed by atoms with Crippen LogP contribution in [0.5, 0.6) is 0 Å². The number of nitrogens with one attached hydrogen (secondary N) is 1. The number of hydrogen-bond donors (Lipinski definition) is 6. The van der Waals surface area contributed by atoms with Gasteiger partial charge in [0.05, 0.1) is 0 Å². The Morgan fingerprint density at radius 2 is 2.00 bits per heavy atom. The third kappa shape index (κ3) is 4.07. The average Bonchev–Trinajstić information content (AvgIpc) is 2.85. The summed E-state index contributed by atoms with van der Waals surface area (Å²) in [6.45, 7) is 1.36. The summed E-state index contributed by atoms with van der Waals surface area (Å²) in [5.74, 6) is -1.89. The van der Waals surface area contributed by atoms with Crippen LogP contribution in [0, 0.1) is 5.92 Å². The van der Waals surface area contributed by atoms with Crippen molar-refractivity contribution in [2.75, 3.05) is 13.1 Å². The third-order valence-electron chi connectivity index (χ3n) is 4.91. The second-order valence-electron chi connectivity index (χ2n) is 7.13. The fourth-order valence-electron chi connectivity index (χ4n) is 3.03. The van der Waals surface area contributed by atoms with E-state index in [-0.39, 0.29) is 31.9 Å². The molecule has 10 nitrogen and oxygen atoms in total. The van der Waals surface area contributed by atoms with E-state index >= 15 is 0 Å². The fraction of sp³-hybridized carbons (Fsp3) is 0.917. The van der Waals surface area contributed by atoms with E-state index in [1.54, 1.807) is 6.92 Å². The van der Waals surface area contributed by atoms with Gasteiger partial charge in [-0.05, 0) is 26.1 Å². The maximum Gasteiger partial charge on any atom is 0.451 e. The largest absolute Gasteiger partial charge is 0.480 e. The highest BCUT2D eigenvalue weighted by molar-refractivity contribution is 7.87. The smallest absolute Gasteiger partial charge is 0.451 e. The molecule has 4 atom stereocenters. The molecule has 0 spiro atoms. The van der Waals surface area contributed by atoms with Crippen LogP contribution in [0.1, 0.15) is 26.2 Å². The van der Waals surface area contributed by atoms with E-state index in [9.17, 15) is 18.3 Å². The highest BCUT2D eigenvalue weighted by Gasteiger charge is 2.55. The molecule has 1 heterocycles. The summed E-state index contributed by atoms with van der Waals surface area (Å²) >= 11 is 0.